The monoisotopic (exact) mass is 293 g/mol. The second kappa shape index (κ2) is 6.21. The van der Waals surface area contributed by atoms with Crippen molar-refractivity contribution in [1.82, 2.24) is 0 Å². The molecule has 0 spiro atoms. The van der Waals surface area contributed by atoms with E-state index in [-0.39, 0.29) is 23.4 Å². The van der Waals surface area contributed by atoms with Crippen LogP contribution in [0.1, 0.15) is 15.9 Å². The third kappa shape index (κ3) is 3.47. The third-order valence-corrected chi connectivity index (χ3v) is 2.80. The van der Waals surface area contributed by atoms with Crippen LogP contribution >= 0.6 is 0 Å². The van der Waals surface area contributed by atoms with Gasteiger partial charge >= 0.3 is 5.97 Å². The molecule has 0 aliphatic heterocycles. The van der Waals surface area contributed by atoms with E-state index in [4.69, 9.17) is 15.2 Å². The van der Waals surface area contributed by atoms with Crippen LogP contribution in [0, 0.1) is 11.6 Å². The van der Waals surface area contributed by atoms with Crippen molar-refractivity contribution in [3.05, 3.63) is 59.2 Å². The summed E-state index contributed by atoms with van der Waals surface area (Å²) >= 11 is 0. The number of carbonyl (C=O) groups excluding carboxylic acids is 1. The van der Waals surface area contributed by atoms with Crippen LogP contribution in [0.5, 0.6) is 5.75 Å². The number of hydrogen-bond acceptors (Lipinski definition) is 4. The molecule has 6 heteroatoms. The first-order valence-corrected chi connectivity index (χ1v) is 6.06. The first-order valence-electron chi connectivity index (χ1n) is 6.06. The highest BCUT2D eigenvalue weighted by Gasteiger charge is 2.14. The summed E-state index contributed by atoms with van der Waals surface area (Å²) in [5, 5.41) is 0. The molecule has 0 amide bonds. The zero-order chi connectivity index (χ0) is 15.4. The number of methoxy groups -OCH3 is 1. The number of hydrogen-bond donors (Lipinski definition) is 1. The Morgan fingerprint density at radius 2 is 1.86 bits per heavy atom. The standard InChI is InChI=1S/C15H13F2NO3/c1-20-13-4-2-3-12(14(13)18)15(19)21-8-9-5-10(16)7-11(17)6-9/h2-7H,8,18H2,1H3. The summed E-state index contributed by atoms with van der Waals surface area (Å²) in [7, 11) is 1.43. The molecular formula is C15H13F2NO3. The molecule has 0 radical (unpaired) electrons. The molecule has 0 aliphatic rings. The maximum Gasteiger partial charge on any atom is 0.340 e. The molecule has 21 heavy (non-hydrogen) atoms. The van der Waals surface area contributed by atoms with E-state index in [2.05, 4.69) is 0 Å². The van der Waals surface area contributed by atoms with Crippen LogP contribution in [-0.2, 0) is 11.3 Å². The number of esters is 1. The first kappa shape index (κ1) is 14.8. The molecule has 2 aromatic rings. The number of benzene rings is 2. The Balaban J connectivity index is 2.12. The summed E-state index contributed by atoms with van der Waals surface area (Å²) in [6, 6.07) is 7.59. The van der Waals surface area contributed by atoms with Crippen molar-refractivity contribution in [2.45, 2.75) is 6.61 Å². The highest BCUT2D eigenvalue weighted by Crippen LogP contribution is 2.25. The van der Waals surface area contributed by atoms with Crippen molar-refractivity contribution >= 4 is 11.7 Å². The lowest BCUT2D eigenvalue weighted by Gasteiger charge is -2.10. The molecule has 2 rings (SSSR count). The number of ether oxygens (including phenoxy) is 2. The van der Waals surface area contributed by atoms with Crippen molar-refractivity contribution in [1.29, 1.82) is 0 Å². The molecule has 0 fully saturated rings. The molecule has 0 saturated carbocycles. The molecule has 0 unspecified atom stereocenters. The number of para-hydroxylation sites is 1. The molecular weight excluding hydrogens is 280 g/mol. The number of nitrogens with two attached hydrogens (primary N) is 1. The van der Waals surface area contributed by atoms with Gasteiger partial charge < -0.3 is 15.2 Å². The molecule has 0 atom stereocenters. The van der Waals surface area contributed by atoms with Crippen LogP contribution in [-0.4, -0.2) is 13.1 Å². The van der Waals surface area contributed by atoms with Gasteiger partial charge in [-0.3, -0.25) is 0 Å². The maximum absolute atomic E-state index is 13.0. The first-order chi connectivity index (χ1) is 10.0. The van der Waals surface area contributed by atoms with Gasteiger partial charge in [0, 0.05) is 6.07 Å². The van der Waals surface area contributed by atoms with E-state index in [1.54, 1.807) is 12.1 Å². The van der Waals surface area contributed by atoms with Gasteiger partial charge in [0.05, 0.1) is 18.4 Å². The SMILES string of the molecule is COc1cccc(C(=O)OCc2cc(F)cc(F)c2)c1N. The third-order valence-electron chi connectivity index (χ3n) is 2.80. The second-order valence-corrected chi connectivity index (χ2v) is 4.28. The van der Waals surface area contributed by atoms with Crippen molar-refractivity contribution in [2.75, 3.05) is 12.8 Å². The number of rotatable bonds is 4. The summed E-state index contributed by atoms with van der Waals surface area (Å²) in [6.07, 6.45) is 0. The van der Waals surface area contributed by atoms with Gasteiger partial charge in [0.15, 0.2) is 0 Å². The predicted molar refractivity (Wildman–Crippen MR) is 72.9 cm³/mol. The topological polar surface area (TPSA) is 61.5 Å². The van der Waals surface area contributed by atoms with Gasteiger partial charge in [-0.15, -0.1) is 0 Å². The molecule has 0 aliphatic carbocycles. The Bertz CT molecular complexity index is 654. The molecule has 0 saturated heterocycles. The van der Waals surface area contributed by atoms with Crippen LogP contribution in [0.2, 0.25) is 0 Å². The summed E-state index contributed by atoms with van der Waals surface area (Å²) < 4.78 is 36.0. The van der Waals surface area contributed by atoms with Crippen molar-refractivity contribution in [2.24, 2.45) is 0 Å². The number of anilines is 1. The van der Waals surface area contributed by atoms with E-state index in [1.165, 1.54) is 13.2 Å². The Kier molecular flexibility index (Phi) is 4.37. The molecule has 110 valence electrons. The van der Waals surface area contributed by atoms with Gasteiger partial charge in [-0.2, -0.15) is 0 Å². The zero-order valence-corrected chi connectivity index (χ0v) is 11.2. The highest BCUT2D eigenvalue weighted by atomic mass is 19.1. The number of carbonyl (C=O) groups is 1. The molecule has 4 nitrogen and oxygen atoms in total. The molecule has 0 heterocycles. The lowest BCUT2D eigenvalue weighted by atomic mass is 10.1. The van der Waals surface area contributed by atoms with Crippen LogP contribution in [0.25, 0.3) is 0 Å². The van der Waals surface area contributed by atoms with E-state index >= 15 is 0 Å². The van der Waals surface area contributed by atoms with Crippen LogP contribution in [0.3, 0.4) is 0 Å². The van der Waals surface area contributed by atoms with Gasteiger partial charge in [0.1, 0.15) is 24.0 Å². The second-order valence-electron chi connectivity index (χ2n) is 4.28. The van der Waals surface area contributed by atoms with Crippen LogP contribution < -0.4 is 10.5 Å². The van der Waals surface area contributed by atoms with E-state index in [9.17, 15) is 13.6 Å². The Hall–Kier alpha value is -2.63. The van der Waals surface area contributed by atoms with Gasteiger partial charge in [-0.25, -0.2) is 13.6 Å². The van der Waals surface area contributed by atoms with E-state index in [1.807, 2.05) is 0 Å². The minimum absolute atomic E-state index is 0.131. The van der Waals surface area contributed by atoms with Crippen molar-refractivity contribution in [3.63, 3.8) is 0 Å². The minimum atomic E-state index is -0.734. The lowest BCUT2D eigenvalue weighted by Crippen LogP contribution is -2.09. The van der Waals surface area contributed by atoms with Gasteiger partial charge in [0.25, 0.3) is 0 Å². The smallest absolute Gasteiger partial charge is 0.340 e. The van der Waals surface area contributed by atoms with Crippen molar-refractivity contribution < 1.29 is 23.0 Å². The Morgan fingerprint density at radius 1 is 1.19 bits per heavy atom. The summed E-state index contributed by atoms with van der Waals surface area (Å²) in [4.78, 5) is 11.9. The lowest BCUT2D eigenvalue weighted by molar-refractivity contribution is 0.0473. The van der Waals surface area contributed by atoms with E-state index in [0.29, 0.717) is 5.75 Å². The van der Waals surface area contributed by atoms with Crippen molar-refractivity contribution in [3.8, 4) is 5.75 Å². The average Bonchev–Trinajstić information content (AvgIpc) is 2.44. The van der Waals surface area contributed by atoms with E-state index in [0.717, 1.165) is 18.2 Å². The zero-order valence-electron chi connectivity index (χ0n) is 11.2. The fourth-order valence-corrected chi connectivity index (χ4v) is 1.82. The number of halogens is 2. The quantitative estimate of drug-likeness (QED) is 0.695. The molecule has 0 aromatic heterocycles. The summed E-state index contributed by atoms with van der Waals surface area (Å²) in [5.74, 6) is -1.82. The normalized spacial score (nSPS) is 10.2. The molecule has 2 aromatic carbocycles. The van der Waals surface area contributed by atoms with Gasteiger partial charge in [0.2, 0.25) is 0 Å². The minimum Gasteiger partial charge on any atom is -0.495 e. The fraction of sp³-hybridized carbons (Fsp3) is 0.133. The predicted octanol–water partition coefficient (Wildman–Crippen LogP) is 2.91. The van der Waals surface area contributed by atoms with Crippen LogP contribution in [0.4, 0.5) is 14.5 Å². The molecule has 0 bridgehead atoms. The summed E-state index contributed by atoms with van der Waals surface area (Å²) in [6.45, 7) is -0.260. The number of nitrogen functional groups attached to an aromatic ring is 1. The Labute approximate surface area is 120 Å². The average molecular weight is 293 g/mol. The fourth-order valence-electron chi connectivity index (χ4n) is 1.82. The maximum atomic E-state index is 13.0. The van der Waals surface area contributed by atoms with Gasteiger partial charge in [-0.05, 0) is 29.8 Å². The largest absolute Gasteiger partial charge is 0.495 e. The van der Waals surface area contributed by atoms with E-state index < -0.39 is 17.6 Å². The summed E-state index contributed by atoms with van der Waals surface area (Å²) in [5.41, 5.74) is 6.26. The van der Waals surface area contributed by atoms with Crippen LogP contribution in [0.15, 0.2) is 36.4 Å². The highest BCUT2D eigenvalue weighted by molar-refractivity contribution is 5.96. The Morgan fingerprint density at radius 3 is 2.48 bits per heavy atom. The van der Waals surface area contributed by atoms with Gasteiger partial charge in [-0.1, -0.05) is 6.07 Å². The molecule has 2 N–H and O–H groups in total.